The van der Waals surface area contributed by atoms with Crippen molar-refractivity contribution in [3.63, 3.8) is 0 Å². The summed E-state index contributed by atoms with van der Waals surface area (Å²) in [6.07, 6.45) is 3.64. The van der Waals surface area contributed by atoms with E-state index in [2.05, 4.69) is 31.7 Å². The Morgan fingerprint density at radius 3 is 2.36 bits per heavy atom. The molecule has 0 saturated heterocycles. The number of rotatable bonds is 7. The Morgan fingerprint density at radius 2 is 1.93 bits per heavy atom. The van der Waals surface area contributed by atoms with Crippen LogP contribution in [-0.4, -0.2) is 24.0 Å². The molecule has 0 aliphatic heterocycles. The molecule has 2 atom stereocenters. The van der Waals surface area contributed by atoms with Crippen LogP contribution >= 0.6 is 0 Å². The molecule has 0 rings (SSSR count). The first-order valence-electron chi connectivity index (χ1n) is 5.79. The van der Waals surface area contributed by atoms with Crippen molar-refractivity contribution in [2.24, 2.45) is 5.92 Å². The lowest BCUT2D eigenvalue weighted by Crippen LogP contribution is -2.36. The molecule has 0 amide bonds. The van der Waals surface area contributed by atoms with E-state index in [9.17, 15) is 0 Å². The molecule has 0 bridgehead atoms. The summed E-state index contributed by atoms with van der Waals surface area (Å²) in [5.41, 5.74) is 0. The zero-order valence-electron chi connectivity index (χ0n) is 10.1. The average molecular weight is 196 g/mol. The summed E-state index contributed by atoms with van der Waals surface area (Å²) in [6, 6.07) is 2.92. The van der Waals surface area contributed by atoms with Crippen molar-refractivity contribution in [3.05, 3.63) is 0 Å². The van der Waals surface area contributed by atoms with Crippen LogP contribution in [0.3, 0.4) is 0 Å². The second-order valence-corrected chi connectivity index (χ2v) is 4.14. The summed E-state index contributed by atoms with van der Waals surface area (Å²) in [5.74, 6) is 0.154. The van der Waals surface area contributed by atoms with Gasteiger partial charge in [0.1, 0.15) is 0 Å². The van der Waals surface area contributed by atoms with Gasteiger partial charge in [-0.15, -0.1) is 0 Å². The van der Waals surface area contributed by atoms with Crippen molar-refractivity contribution in [2.45, 2.75) is 53.0 Å². The Balaban J connectivity index is 4.04. The van der Waals surface area contributed by atoms with Gasteiger partial charge in [-0.1, -0.05) is 20.3 Å². The van der Waals surface area contributed by atoms with E-state index in [-0.39, 0.29) is 5.92 Å². The Kier molecular flexibility index (Phi) is 7.51. The molecule has 0 heterocycles. The number of hydrogen-bond acceptors (Lipinski definition) is 2. The van der Waals surface area contributed by atoms with Gasteiger partial charge in [0, 0.05) is 12.6 Å². The number of unbranched alkanes of at least 4 members (excludes halogenated alkanes) is 1. The van der Waals surface area contributed by atoms with E-state index in [1.54, 1.807) is 0 Å². The molecule has 0 saturated carbocycles. The molecule has 0 fully saturated rings. The van der Waals surface area contributed by atoms with E-state index < -0.39 is 0 Å². The van der Waals surface area contributed by atoms with Crippen LogP contribution in [0.25, 0.3) is 0 Å². The monoisotopic (exact) mass is 196 g/mol. The number of hydrogen-bond donors (Lipinski definition) is 0. The molecule has 82 valence electrons. The minimum atomic E-state index is 0.154. The summed E-state index contributed by atoms with van der Waals surface area (Å²) in [6.45, 7) is 10.7. The van der Waals surface area contributed by atoms with Crippen LogP contribution in [0.4, 0.5) is 0 Å². The van der Waals surface area contributed by atoms with E-state index in [4.69, 9.17) is 5.26 Å². The van der Waals surface area contributed by atoms with Crippen LogP contribution in [-0.2, 0) is 0 Å². The average Bonchev–Trinajstić information content (AvgIpc) is 2.22. The zero-order chi connectivity index (χ0) is 11.0. The summed E-state index contributed by atoms with van der Waals surface area (Å²) in [5, 5.41) is 8.79. The molecule has 2 nitrogen and oxygen atoms in total. The molecule has 2 unspecified atom stereocenters. The fourth-order valence-corrected chi connectivity index (χ4v) is 1.50. The van der Waals surface area contributed by atoms with Gasteiger partial charge in [-0.2, -0.15) is 5.26 Å². The first-order chi connectivity index (χ1) is 6.65. The predicted molar refractivity (Wildman–Crippen MR) is 61.0 cm³/mol. The first-order valence-corrected chi connectivity index (χ1v) is 5.79. The third-order valence-electron chi connectivity index (χ3n) is 2.74. The molecule has 0 aromatic heterocycles. The van der Waals surface area contributed by atoms with Crippen LogP contribution in [0, 0.1) is 17.2 Å². The Labute approximate surface area is 88.9 Å². The summed E-state index contributed by atoms with van der Waals surface area (Å²) < 4.78 is 0. The van der Waals surface area contributed by atoms with Gasteiger partial charge in [0.2, 0.25) is 0 Å². The van der Waals surface area contributed by atoms with E-state index in [1.165, 1.54) is 19.3 Å². The van der Waals surface area contributed by atoms with Crippen molar-refractivity contribution in [1.29, 1.82) is 5.26 Å². The molecular formula is C12H24N2. The van der Waals surface area contributed by atoms with Crippen LogP contribution in [0.15, 0.2) is 0 Å². The van der Waals surface area contributed by atoms with Crippen molar-refractivity contribution in [2.75, 3.05) is 13.1 Å². The maximum atomic E-state index is 8.79. The number of nitriles is 1. The van der Waals surface area contributed by atoms with Gasteiger partial charge in [0.05, 0.1) is 12.0 Å². The van der Waals surface area contributed by atoms with Crippen LogP contribution in [0.5, 0.6) is 0 Å². The molecule has 2 heteroatoms. The van der Waals surface area contributed by atoms with E-state index in [0.717, 1.165) is 13.1 Å². The maximum Gasteiger partial charge on any atom is 0.0666 e. The van der Waals surface area contributed by atoms with Crippen molar-refractivity contribution in [1.82, 2.24) is 4.90 Å². The molecule has 14 heavy (non-hydrogen) atoms. The minimum absolute atomic E-state index is 0.154. The summed E-state index contributed by atoms with van der Waals surface area (Å²) in [7, 11) is 0. The maximum absolute atomic E-state index is 8.79. The molecule has 0 spiro atoms. The predicted octanol–water partition coefficient (Wildman–Crippen LogP) is 3.05. The molecule has 0 N–H and O–H groups in total. The third-order valence-corrected chi connectivity index (χ3v) is 2.74. The van der Waals surface area contributed by atoms with Gasteiger partial charge >= 0.3 is 0 Å². The minimum Gasteiger partial charge on any atom is -0.299 e. The molecule has 0 aliphatic carbocycles. The molecule has 0 radical (unpaired) electrons. The van der Waals surface area contributed by atoms with Crippen molar-refractivity contribution >= 4 is 0 Å². The fraction of sp³-hybridized carbons (Fsp3) is 0.917. The van der Waals surface area contributed by atoms with Crippen LogP contribution in [0.1, 0.15) is 47.0 Å². The van der Waals surface area contributed by atoms with Crippen LogP contribution in [0.2, 0.25) is 0 Å². The lowest BCUT2D eigenvalue weighted by atomic mass is 10.1. The third kappa shape index (κ3) is 5.24. The fourth-order valence-electron chi connectivity index (χ4n) is 1.50. The second kappa shape index (κ2) is 7.82. The highest BCUT2D eigenvalue weighted by molar-refractivity contribution is 4.82. The Morgan fingerprint density at radius 1 is 1.29 bits per heavy atom. The van der Waals surface area contributed by atoms with E-state index in [1.807, 2.05) is 6.92 Å². The topological polar surface area (TPSA) is 27.0 Å². The number of nitrogens with zero attached hydrogens (tertiary/aromatic N) is 2. The lowest BCUT2D eigenvalue weighted by Gasteiger charge is -2.29. The standard InChI is InChI=1S/C12H24N2/c1-5-7-8-14(12(4)6-2)10-11(3)9-13/h11-12H,5-8,10H2,1-4H3. The largest absolute Gasteiger partial charge is 0.299 e. The SMILES string of the molecule is CCCCN(CC(C)C#N)C(C)CC. The van der Waals surface area contributed by atoms with Crippen molar-refractivity contribution in [3.8, 4) is 6.07 Å². The van der Waals surface area contributed by atoms with Gasteiger partial charge < -0.3 is 0 Å². The van der Waals surface area contributed by atoms with Gasteiger partial charge in [-0.05, 0) is 33.2 Å². The van der Waals surface area contributed by atoms with Crippen molar-refractivity contribution < 1.29 is 0 Å². The smallest absolute Gasteiger partial charge is 0.0666 e. The van der Waals surface area contributed by atoms with Gasteiger partial charge in [-0.3, -0.25) is 4.90 Å². The highest BCUT2D eigenvalue weighted by Crippen LogP contribution is 2.08. The highest BCUT2D eigenvalue weighted by Gasteiger charge is 2.14. The van der Waals surface area contributed by atoms with Gasteiger partial charge in [0.15, 0.2) is 0 Å². The first kappa shape index (κ1) is 13.4. The second-order valence-electron chi connectivity index (χ2n) is 4.14. The normalized spacial score (nSPS) is 15.1. The molecule has 0 aliphatic rings. The highest BCUT2D eigenvalue weighted by atomic mass is 15.1. The quantitative estimate of drug-likeness (QED) is 0.626. The zero-order valence-corrected chi connectivity index (χ0v) is 10.1. The van der Waals surface area contributed by atoms with E-state index >= 15 is 0 Å². The Bertz CT molecular complexity index is 172. The van der Waals surface area contributed by atoms with Gasteiger partial charge in [0.25, 0.3) is 0 Å². The Hall–Kier alpha value is -0.550. The summed E-state index contributed by atoms with van der Waals surface area (Å²) >= 11 is 0. The van der Waals surface area contributed by atoms with E-state index in [0.29, 0.717) is 6.04 Å². The van der Waals surface area contributed by atoms with Gasteiger partial charge in [-0.25, -0.2) is 0 Å². The lowest BCUT2D eigenvalue weighted by molar-refractivity contribution is 0.187. The summed E-state index contributed by atoms with van der Waals surface area (Å²) in [4.78, 5) is 2.44. The molecular weight excluding hydrogens is 172 g/mol. The molecule has 0 aromatic rings. The molecule has 0 aromatic carbocycles. The van der Waals surface area contributed by atoms with Crippen LogP contribution < -0.4 is 0 Å².